The van der Waals surface area contributed by atoms with Crippen LogP contribution in [0.1, 0.15) is 74.5 Å². The van der Waals surface area contributed by atoms with Gasteiger partial charge in [0.05, 0.1) is 12.2 Å². The number of carbonyl (C=O) groups is 1. The lowest BCUT2D eigenvalue weighted by atomic mass is 10.2. The van der Waals surface area contributed by atoms with Crippen molar-refractivity contribution in [3.8, 4) is 0 Å². The zero-order valence-corrected chi connectivity index (χ0v) is 17.9. The van der Waals surface area contributed by atoms with E-state index >= 15 is 0 Å². The number of amides is 1. The topological polar surface area (TPSA) is 86.7 Å². The monoisotopic (exact) mass is 444 g/mol. The molecule has 3 aromatic heterocycles. The average molecular weight is 444 g/mol. The van der Waals surface area contributed by atoms with Crippen LogP contribution in [0.25, 0.3) is 11.0 Å². The SMILES string of the molecule is Cn1ncc(C2CC2)c1NC(=O)CCn1c(=O)cc(C(F)F)c2cn(C3CCCC3)nc21. The molecule has 3 aromatic rings. The number of carbonyl (C=O) groups excluding carboxylic acids is 1. The second-order valence-electron chi connectivity index (χ2n) is 8.82. The predicted molar refractivity (Wildman–Crippen MR) is 115 cm³/mol. The van der Waals surface area contributed by atoms with E-state index in [9.17, 15) is 18.4 Å². The fraction of sp³-hybridized carbons (Fsp3) is 0.545. The van der Waals surface area contributed by atoms with E-state index in [4.69, 9.17) is 0 Å². The number of fused-ring (bicyclic) bond motifs is 1. The lowest BCUT2D eigenvalue weighted by Crippen LogP contribution is -2.24. The molecule has 2 aliphatic carbocycles. The van der Waals surface area contributed by atoms with Crippen molar-refractivity contribution < 1.29 is 13.6 Å². The Morgan fingerprint density at radius 1 is 1.25 bits per heavy atom. The Labute approximate surface area is 183 Å². The molecular formula is C22H26F2N6O2. The third-order valence-electron chi connectivity index (χ3n) is 6.56. The van der Waals surface area contributed by atoms with Gasteiger partial charge in [0.25, 0.3) is 12.0 Å². The molecule has 10 heteroatoms. The minimum Gasteiger partial charge on any atom is -0.311 e. The molecule has 0 aromatic carbocycles. The third kappa shape index (κ3) is 3.82. The van der Waals surface area contributed by atoms with Gasteiger partial charge < -0.3 is 5.32 Å². The molecule has 5 rings (SSSR count). The van der Waals surface area contributed by atoms with Gasteiger partial charge in [-0.2, -0.15) is 10.2 Å². The van der Waals surface area contributed by atoms with Crippen molar-refractivity contribution in [1.29, 1.82) is 0 Å². The van der Waals surface area contributed by atoms with Crippen LogP contribution in [-0.4, -0.2) is 30.0 Å². The second kappa shape index (κ2) is 8.14. The Morgan fingerprint density at radius 3 is 2.69 bits per heavy atom. The molecule has 2 saturated carbocycles. The molecule has 170 valence electrons. The molecule has 0 saturated heterocycles. The smallest absolute Gasteiger partial charge is 0.264 e. The first-order valence-corrected chi connectivity index (χ1v) is 11.1. The van der Waals surface area contributed by atoms with E-state index in [0.717, 1.165) is 50.2 Å². The van der Waals surface area contributed by atoms with Gasteiger partial charge in [-0.15, -0.1) is 0 Å². The zero-order valence-electron chi connectivity index (χ0n) is 17.9. The number of nitrogens with zero attached hydrogens (tertiary/aromatic N) is 5. The number of hydrogen-bond acceptors (Lipinski definition) is 4. The number of halogens is 2. The number of anilines is 1. The maximum Gasteiger partial charge on any atom is 0.264 e. The van der Waals surface area contributed by atoms with Gasteiger partial charge in [-0.05, 0) is 31.6 Å². The Hall–Kier alpha value is -3.04. The van der Waals surface area contributed by atoms with Crippen LogP contribution in [-0.2, 0) is 18.4 Å². The number of hydrogen-bond donors (Lipinski definition) is 1. The molecule has 8 nitrogen and oxygen atoms in total. The van der Waals surface area contributed by atoms with E-state index in [1.165, 1.54) is 4.57 Å². The number of aromatic nitrogens is 5. The maximum absolute atomic E-state index is 13.6. The molecule has 0 aliphatic heterocycles. The number of rotatable bonds is 7. The molecule has 2 aliphatic rings. The number of alkyl halides is 2. The van der Waals surface area contributed by atoms with Crippen LogP contribution in [0.4, 0.5) is 14.6 Å². The molecule has 2 fully saturated rings. The van der Waals surface area contributed by atoms with Crippen LogP contribution in [0, 0.1) is 0 Å². The highest BCUT2D eigenvalue weighted by Crippen LogP contribution is 2.43. The predicted octanol–water partition coefficient (Wildman–Crippen LogP) is 3.89. The van der Waals surface area contributed by atoms with Gasteiger partial charge in [0.1, 0.15) is 5.82 Å². The first-order valence-electron chi connectivity index (χ1n) is 11.1. The summed E-state index contributed by atoms with van der Waals surface area (Å²) in [5.41, 5.74) is 0.360. The third-order valence-corrected chi connectivity index (χ3v) is 6.56. The Bertz CT molecular complexity index is 1220. The van der Waals surface area contributed by atoms with Crippen LogP contribution in [0.5, 0.6) is 0 Å². The molecule has 0 unspecified atom stereocenters. The van der Waals surface area contributed by atoms with Crippen molar-refractivity contribution in [2.45, 2.75) is 69.9 Å². The molecule has 1 amide bonds. The fourth-order valence-electron chi connectivity index (χ4n) is 4.64. The molecule has 1 N–H and O–H groups in total. The number of aryl methyl sites for hydroxylation is 2. The van der Waals surface area contributed by atoms with E-state index in [0.29, 0.717) is 11.7 Å². The lowest BCUT2D eigenvalue weighted by Gasteiger charge is -2.11. The summed E-state index contributed by atoms with van der Waals surface area (Å²) in [6, 6.07) is 1.13. The molecule has 0 bridgehead atoms. The standard InChI is InChI=1S/C22H26F2N6O2/c1-28-21(16(11-25-28)13-6-7-13)26-18(31)8-9-29-19(32)10-15(20(23)24)17-12-30(27-22(17)29)14-4-2-3-5-14/h10-14,20H,2-9H2,1H3,(H,26,31). The summed E-state index contributed by atoms with van der Waals surface area (Å²) in [6.07, 6.45) is 6.87. The summed E-state index contributed by atoms with van der Waals surface area (Å²) in [5, 5.41) is 11.9. The average Bonchev–Trinajstić information content (AvgIpc) is 3.14. The second-order valence-corrected chi connectivity index (χ2v) is 8.82. The molecular weight excluding hydrogens is 418 g/mol. The quantitative estimate of drug-likeness (QED) is 0.599. The van der Waals surface area contributed by atoms with Crippen LogP contribution < -0.4 is 10.9 Å². The van der Waals surface area contributed by atoms with Crippen LogP contribution >= 0.6 is 0 Å². The highest BCUT2D eigenvalue weighted by atomic mass is 19.3. The molecule has 0 radical (unpaired) electrons. The minimum absolute atomic E-state index is 0.0224. The maximum atomic E-state index is 13.6. The Kier molecular flexibility index (Phi) is 5.30. The molecule has 3 heterocycles. The minimum atomic E-state index is -2.77. The van der Waals surface area contributed by atoms with Crippen molar-refractivity contribution in [3.05, 3.63) is 39.9 Å². The summed E-state index contributed by atoms with van der Waals surface area (Å²) < 4.78 is 31.9. The van der Waals surface area contributed by atoms with Gasteiger partial charge >= 0.3 is 0 Å². The summed E-state index contributed by atoms with van der Waals surface area (Å²) in [4.78, 5) is 25.3. The van der Waals surface area contributed by atoms with Gasteiger partial charge in [0.15, 0.2) is 5.65 Å². The summed E-state index contributed by atoms with van der Waals surface area (Å²) in [6.45, 7) is 0.0585. The van der Waals surface area contributed by atoms with Gasteiger partial charge in [-0.25, -0.2) is 8.78 Å². The van der Waals surface area contributed by atoms with Crippen LogP contribution in [0.2, 0.25) is 0 Å². The number of nitrogens with one attached hydrogen (secondary N) is 1. The number of pyridine rings is 1. The van der Waals surface area contributed by atoms with E-state index in [1.54, 1.807) is 28.8 Å². The fourth-order valence-corrected chi connectivity index (χ4v) is 4.64. The van der Waals surface area contributed by atoms with Crippen molar-refractivity contribution in [3.63, 3.8) is 0 Å². The molecule has 0 spiro atoms. The highest BCUT2D eigenvalue weighted by molar-refractivity contribution is 5.90. The molecule has 32 heavy (non-hydrogen) atoms. The van der Waals surface area contributed by atoms with E-state index in [1.807, 2.05) is 0 Å². The van der Waals surface area contributed by atoms with Gasteiger partial charge in [-0.3, -0.25) is 23.5 Å². The van der Waals surface area contributed by atoms with E-state index < -0.39 is 12.0 Å². The van der Waals surface area contributed by atoms with Gasteiger partial charge in [0.2, 0.25) is 5.91 Å². The highest BCUT2D eigenvalue weighted by Gasteiger charge is 2.29. The van der Waals surface area contributed by atoms with Gasteiger partial charge in [-0.1, -0.05) is 12.8 Å². The van der Waals surface area contributed by atoms with E-state index in [-0.39, 0.29) is 41.5 Å². The summed E-state index contributed by atoms with van der Waals surface area (Å²) >= 11 is 0. The summed E-state index contributed by atoms with van der Waals surface area (Å²) in [7, 11) is 1.77. The van der Waals surface area contributed by atoms with E-state index in [2.05, 4.69) is 15.5 Å². The van der Waals surface area contributed by atoms with Crippen molar-refractivity contribution in [2.75, 3.05) is 5.32 Å². The first kappa shape index (κ1) is 20.8. The molecule has 0 atom stereocenters. The first-order chi connectivity index (χ1) is 15.4. The zero-order chi connectivity index (χ0) is 22.4. The summed E-state index contributed by atoms with van der Waals surface area (Å²) in [5.74, 6) is 0.847. The normalized spacial score (nSPS) is 17.0. The lowest BCUT2D eigenvalue weighted by molar-refractivity contribution is -0.116. The Morgan fingerprint density at radius 2 is 2.00 bits per heavy atom. The van der Waals surface area contributed by atoms with Gasteiger partial charge in [0, 0.05) is 48.8 Å². The van der Waals surface area contributed by atoms with Crippen molar-refractivity contribution >= 4 is 22.8 Å². The van der Waals surface area contributed by atoms with Crippen molar-refractivity contribution in [2.24, 2.45) is 7.05 Å². The van der Waals surface area contributed by atoms with Crippen LogP contribution in [0.3, 0.4) is 0 Å². The largest absolute Gasteiger partial charge is 0.311 e. The van der Waals surface area contributed by atoms with Crippen molar-refractivity contribution in [1.82, 2.24) is 24.1 Å². The Balaban J connectivity index is 1.40. The van der Waals surface area contributed by atoms with Crippen LogP contribution in [0.15, 0.2) is 23.3 Å².